The minimum absolute atomic E-state index is 0.306. The summed E-state index contributed by atoms with van der Waals surface area (Å²) in [6, 6.07) is -0.990. The molecule has 0 aromatic carbocycles. The Morgan fingerprint density at radius 3 is 1.74 bits per heavy atom. The number of carbonyl (C=O) groups is 1. The SMILES string of the molecule is CCCCCCCCC/C=C/CC/C=C/[C@H](O)[C@H](CO[C@@H]1O[C@H](CO)[C@@H](O)[C@H](O)[C@H]1O)NC(=O)[C@H](O)CCCCCCCCCCCCCC. The predicted octanol–water partition coefficient (Wildman–Crippen LogP) is 6.13. The lowest BCUT2D eigenvalue weighted by Crippen LogP contribution is -2.60. The molecule has 10 nitrogen and oxygen atoms in total. The average Bonchev–Trinajstić information content (AvgIpc) is 3.11. The summed E-state index contributed by atoms with van der Waals surface area (Å²) in [5.41, 5.74) is 0. The molecule has 1 amide bonds. The van der Waals surface area contributed by atoms with Crippen molar-refractivity contribution in [2.45, 2.75) is 210 Å². The van der Waals surface area contributed by atoms with Gasteiger partial charge in [0, 0.05) is 0 Å². The van der Waals surface area contributed by atoms with Gasteiger partial charge in [-0.3, -0.25) is 4.79 Å². The van der Waals surface area contributed by atoms with Gasteiger partial charge >= 0.3 is 0 Å². The summed E-state index contributed by atoms with van der Waals surface area (Å²) in [6.07, 6.45) is 24.1. The fourth-order valence-corrected chi connectivity index (χ4v) is 6.24. The van der Waals surface area contributed by atoms with E-state index in [-0.39, 0.29) is 6.61 Å². The van der Waals surface area contributed by atoms with Crippen molar-refractivity contribution >= 4 is 5.91 Å². The van der Waals surface area contributed by atoms with E-state index in [2.05, 4.69) is 31.3 Å². The maximum atomic E-state index is 12.9. The second kappa shape index (κ2) is 31.2. The molecule has 1 heterocycles. The molecular weight excluding hydrogens is 638 g/mol. The molecule has 0 bridgehead atoms. The number of aliphatic hydroxyl groups is 6. The van der Waals surface area contributed by atoms with Gasteiger partial charge in [-0.2, -0.15) is 0 Å². The smallest absolute Gasteiger partial charge is 0.249 e. The van der Waals surface area contributed by atoms with E-state index in [9.17, 15) is 35.4 Å². The van der Waals surface area contributed by atoms with Gasteiger partial charge in [-0.1, -0.05) is 154 Å². The molecule has 0 aromatic heterocycles. The van der Waals surface area contributed by atoms with Crippen LogP contribution in [0, 0.1) is 0 Å². The Balaban J connectivity index is 2.54. The number of hydrogen-bond acceptors (Lipinski definition) is 9. The Labute approximate surface area is 303 Å². The van der Waals surface area contributed by atoms with E-state index < -0.39 is 61.5 Å². The molecule has 1 aliphatic rings. The summed E-state index contributed by atoms with van der Waals surface area (Å²) >= 11 is 0. The molecule has 1 aliphatic heterocycles. The van der Waals surface area contributed by atoms with Crippen LogP contribution in [0.5, 0.6) is 0 Å². The highest BCUT2D eigenvalue weighted by Gasteiger charge is 2.44. The van der Waals surface area contributed by atoms with Crippen LogP contribution in [0.4, 0.5) is 0 Å². The molecule has 0 spiro atoms. The molecule has 0 aromatic rings. The van der Waals surface area contributed by atoms with E-state index in [1.165, 1.54) is 96.3 Å². The number of ether oxygens (including phenoxy) is 2. The first-order valence-electron chi connectivity index (χ1n) is 20.2. The summed E-state index contributed by atoms with van der Waals surface area (Å²) < 4.78 is 11.1. The third-order valence-electron chi connectivity index (χ3n) is 9.64. The van der Waals surface area contributed by atoms with Crippen molar-refractivity contribution in [3.63, 3.8) is 0 Å². The summed E-state index contributed by atoms with van der Waals surface area (Å²) in [4.78, 5) is 12.9. The van der Waals surface area contributed by atoms with E-state index in [0.717, 1.165) is 32.1 Å². The Bertz CT molecular complexity index is 855. The van der Waals surface area contributed by atoms with Gasteiger partial charge in [0.25, 0.3) is 0 Å². The van der Waals surface area contributed by atoms with Gasteiger partial charge in [0.2, 0.25) is 5.91 Å². The van der Waals surface area contributed by atoms with Crippen molar-refractivity contribution in [2.24, 2.45) is 0 Å². The fraction of sp³-hybridized carbons (Fsp3) is 0.875. The summed E-state index contributed by atoms with van der Waals surface area (Å²) in [6.45, 7) is 3.54. The number of nitrogens with one attached hydrogen (secondary N) is 1. The highest BCUT2D eigenvalue weighted by molar-refractivity contribution is 5.80. The first kappa shape index (κ1) is 46.7. The summed E-state index contributed by atoms with van der Waals surface area (Å²) in [5.74, 6) is -0.628. The van der Waals surface area contributed by atoms with Crippen molar-refractivity contribution in [3.8, 4) is 0 Å². The minimum Gasteiger partial charge on any atom is -0.394 e. The molecular formula is C40H75NO9. The van der Waals surface area contributed by atoms with Crippen LogP contribution in [-0.2, 0) is 14.3 Å². The number of rotatable bonds is 32. The number of allylic oxidation sites excluding steroid dienone is 3. The van der Waals surface area contributed by atoms with Crippen LogP contribution in [0.15, 0.2) is 24.3 Å². The molecule has 0 radical (unpaired) electrons. The lowest BCUT2D eigenvalue weighted by Gasteiger charge is -2.40. The highest BCUT2D eigenvalue weighted by Crippen LogP contribution is 2.22. The Hall–Kier alpha value is -1.37. The lowest BCUT2D eigenvalue weighted by atomic mass is 9.99. The standard InChI is InChI=1S/C40H75NO9/c1-3-5-7-9-11-13-15-17-19-20-22-24-26-28-33(43)32(31-49-40-38(47)37(46)36(45)35(30-42)50-40)41-39(48)34(44)29-27-25-23-21-18-16-14-12-10-8-6-4-2/h19-20,26,28,32-38,40,42-47H,3-18,21-25,27,29-31H2,1-2H3,(H,41,48)/b20-19+,28-26+/t32-,33-,34+,35+,36+,37-,38+,40+/m0/s1. The van der Waals surface area contributed by atoms with E-state index in [0.29, 0.717) is 19.3 Å². The van der Waals surface area contributed by atoms with Crippen molar-refractivity contribution in [1.82, 2.24) is 5.32 Å². The minimum atomic E-state index is -1.61. The molecule has 294 valence electrons. The molecule has 50 heavy (non-hydrogen) atoms. The normalized spacial score (nSPS) is 23.1. The van der Waals surface area contributed by atoms with Crippen molar-refractivity contribution in [1.29, 1.82) is 0 Å². The van der Waals surface area contributed by atoms with E-state index in [1.807, 2.05) is 6.08 Å². The third-order valence-corrected chi connectivity index (χ3v) is 9.64. The molecule has 1 saturated heterocycles. The Morgan fingerprint density at radius 1 is 0.680 bits per heavy atom. The van der Waals surface area contributed by atoms with Gasteiger partial charge < -0.3 is 45.4 Å². The molecule has 1 rings (SSSR count). The second-order valence-corrected chi connectivity index (χ2v) is 14.2. The van der Waals surface area contributed by atoms with Gasteiger partial charge in [-0.05, 0) is 32.1 Å². The van der Waals surface area contributed by atoms with Gasteiger partial charge in [0.05, 0.1) is 25.4 Å². The van der Waals surface area contributed by atoms with Crippen LogP contribution in [0.25, 0.3) is 0 Å². The average molecular weight is 714 g/mol. The zero-order chi connectivity index (χ0) is 36.8. The third kappa shape index (κ3) is 21.9. The number of unbranched alkanes of at least 4 members (excludes halogenated alkanes) is 19. The summed E-state index contributed by atoms with van der Waals surface area (Å²) in [5, 5.41) is 64.3. The fourth-order valence-electron chi connectivity index (χ4n) is 6.24. The van der Waals surface area contributed by atoms with Crippen molar-refractivity contribution in [3.05, 3.63) is 24.3 Å². The maximum Gasteiger partial charge on any atom is 0.249 e. The van der Waals surface area contributed by atoms with Gasteiger partial charge in [-0.25, -0.2) is 0 Å². The number of carbonyl (C=O) groups excluding carboxylic acids is 1. The van der Waals surface area contributed by atoms with Crippen molar-refractivity contribution in [2.75, 3.05) is 13.2 Å². The largest absolute Gasteiger partial charge is 0.394 e. The zero-order valence-electron chi connectivity index (χ0n) is 31.5. The molecule has 0 saturated carbocycles. The quantitative estimate of drug-likeness (QED) is 0.0320. The molecule has 0 unspecified atom stereocenters. The van der Waals surface area contributed by atoms with E-state index in [1.54, 1.807) is 6.08 Å². The van der Waals surface area contributed by atoms with Crippen LogP contribution in [-0.4, -0.2) is 98.7 Å². The van der Waals surface area contributed by atoms with Crippen LogP contribution < -0.4 is 5.32 Å². The number of aliphatic hydroxyl groups excluding tert-OH is 6. The van der Waals surface area contributed by atoms with Crippen LogP contribution in [0.2, 0.25) is 0 Å². The molecule has 0 aliphatic carbocycles. The first-order chi connectivity index (χ1) is 24.3. The topological polar surface area (TPSA) is 169 Å². The van der Waals surface area contributed by atoms with Gasteiger partial charge in [-0.15, -0.1) is 0 Å². The first-order valence-corrected chi connectivity index (χ1v) is 20.2. The van der Waals surface area contributed by atoms with Gasteiger partial charge in [0.1, 0.15) is 30.5 Å². The van der Waals surface area contributed by atoms with Gasteiger partial charge in [0.15, 0.2) is 6.29 Å². The Morgan fingerprint density at radius 2 is 1.18 bits per heavy atom. The second-order valence-electron chi connectivity index (χ2n) is 14.2. The Kier molecular flexibility index (Phi) is 29.1. The molecule has 1 fully saturated rings. The van der Waals surface area contributed by atoms with Crippen LogP contribution >= 0.6 is 0 Å². The molecule has 7 N–H and O–H groups in total. The number of amides is 1. The molecule has 8 atom stereocenters. The van der Waals surface area contributed by atoms with Crippen LogP contribution in [0.1, 0.15) is 162 Å². The van der Waals surface area contributed by atoms with E-state index >= 15 is 0 Å². The highest BCUT2D eigenvalue weighted by atomic mass is 16.7. The summed E-state index contributed by atoms with van der Waals surface area (Å²) in [7, 11) is 0. The van der Waals surface area contributed by atoms with Crippen molar-refractivity contribution < 1.29 is 44.9 Å². The monoisotopic (exact) mass is 714 g/mol. The lowest BCUT2D eigenvalue weighted by molar-refractivity contribution is -0.302. The predicted molar refractivity (Wildman–Crippen MR) is 199 cm³/mol. The zero-order valence-corrected chi connectivity index (χ0v) is 31.5. The van der Waals surface area contributed by atoms with E-state index in [4.69, 9.17) is 9.47 Å². The van der Waals surface area contributed by atoms with Crippen LogP contribution in [0.3, 0.4) is 0 Å². The maximum absolute atomic E-state index is 12.9. The molecule has 10 heteroatoms. The number of hydrogen-bond donors (Lipinski definition) is 7.